The van der Waals surface area contributed by atoms with Crippen molar-refractivity contribution in [1.29, 1.82) is 0 Å². The highest BCUT2D eigenvalue weighted by Crippen LogP contribution is 2.25. The number of methoxy groups -OCH3 is 1. The molecule has 23 heavy (non-hydrogen) atoms. The summed E-state index contributed by atoms with van der Waals surface area (Å²) in [7, 11) is 1.59. The van der Waals surface area contributed by atoms with Gasteiger partial charge in [-0.25, -0.2) is 0 Å². The van der Waals surface area contributed by atoms with Gasteiger partial charge in [-0.1, -0.05) is 23.7 Å². The second-order valence-corrected chi connectivity index (χ2v) is 5.80. The summed E-state index contributed by atoms with van der Waals surface area (Å²) in [4.78, 5) is 14.3. The van der Waals surface area contributed by atoms with Crippen molar-refractivity contribution in [1.82, 2.24) is 4.90 Å². The minimum atomic E-state index is -0.154. The molecule has 1 aliphatic heterocycles. The fourth-order valence-corrected chi connectivity index (χ4v) is 2.71. The summed E-state index contributed by atoms with van der Waals surface area (Å²) in [5, 5.41) is 0.679. The lowest BCUT2D eigenvalue weighted by Crippen LogP contribution is -2.42. The van der Waals surface area contributed by atoms with Gasteiger partial charge in [0.15, 0.2) is 5.76 Å². The number of nitrogens with zero attached hydrogens (tertiary/aromatic N) is 1. The van der Waals surface area contributed by atoms with Gasteiger partial charge in [-0.2, -0.15) is 0 Å². The zero-order valence-corrected chi connectivity index (χ0v) is 13.6. The average Bonchev–Trinajstić information content (AvgIpc) is 3.04. The Kier molecular flexibility index (Phi) is 5.00. The first kappa shape index (κ1) is 16.1. The average molecular weight is 336 g/mol. The largest absolute Gasteiger partial charge is 0.453 e. The molecule has 0 bridgehead atoms. The van der Waals surface area contributed by atoms with Gasteiger partial charge in [0.05, 0.1) is 13.2 Å². The van der Waals surface area contributed by atoms with Crippen molar-refractivity contribution in [3.8, 4) is 0 Å². The third-order valence-corrected chi connectivity index (χ3v) is 4.01. The molecule has 122 valence electrons. The highest BCUT2D eigenvalue weighted by atomic mass is 35.5. The van der Waals surface area contributed by atoms with Crippen LogP contribution in [0, 0.1) is 0 Å². The topological polar surface area (TPSA) is 51.9 Å². The Balaban J connectivity index is 1.69. The molecule has 1 fully saturated rings. The Morgan fingerprint density at radius 1 is 1.30 bits per heavy atom. The molecule has 6 heteroatoms. The van der Waals surface area contributed by atoms with Crippen molar-refractivity contribution in [3.63, 3.8) is 0 Å². The summed E-state index contributed by atoms with van der Waals surface area (Å²) in [5.41, 5.74) is 1.01. The Bertz CT molecular complexity index is 667. The van der Waals surface area contributed by atoms with Crippen LogP contribution in [0.2, 0.25) is 5.02 Å². The highest BCUT2D eigenvalue weighted by Gasteiger charge is 2.27. The van der Waals surface area contributed by atoms with Gasteiger partial charge in [0, 0.05) is 18.7 Å². The van der Waals surface area contributed by atoms with Crippen LogP contribution in [0.25, 0.3) is 0 Å². The number of hydrogen-bond acceptors (Lipinski definition) is 4. The van der Waals surface area contributed by atoms with Crippen molar-refractivity contribution >= 4 is 17.5 Å². The SMILES string of the molecule is COCc1ccc(C(=O)N2CCOC(c3ccc(Cl)cc3)C2)o1. The molecule has 1 saturated heterocycles. The van der Waals surface area contributed by atoms with Gasteiger partial charge in [-0.15, -0.1) is 0 Å². The van der Waals surface area contributed by atoms with Gasteiger partial charge in [-0.3, -0.25) is 4.79 Å². The van der Waals surface area contributed by atoms with Gasteiger partial charge in [-0.05, 0) is 29.8 Å². The zero-order valence-electron chi connectivity index (χ0n) is 12.8. The van der Waals surface area contributed by atoms with Crippen molar-refractivity contribution < 1.29 is 18.7 Å². The molecule has 1 aliphatic rings. The number of amides is 1. The molecule has 0 saturated carbocycles. The van der Waals surface area contributed by atoms with E-state index in [9.17, 15) is 4.79 Å². The molecule has 0 spiro atoms. The van der Waals surface area contributed by atoms with Gasteiger partial charge in [0.25, 0.3) is 5.91 Å². The fraction of sp³-hybridized carbons (Fsp3) is 0.353. The van der Waals surface area contributed by atoms with Crippen molar-refractivity contribution in [2.24, 2.45) is 0 Å². The minimum absolute atomic E-state index is 0.130. The van der Waals surface area contributed by atoms with Crippen LogP contribution >= 0.6 is 11.6 Å². The predicted octanol–water partition coefficient (Wildman–Crippen LogP) is 3.29. The van der Waals surface area contributed by atoms with E-state index in [4.69, 9.17) is 25.5 Å². The lowest BCUT2D eigenvalue weighted by atomic mass is 10.1. The van der Waals surface area contributed by atoms with E-state index in [-0.39, 0.29) is 12.0 Å². The standard InChI is InChI=1S/C17H18ClNO4/c1-21-11-14-6-7-15(23-14)17(20)19-8-9-22-16(10-19)12-2-4-13(18)5-3-12/h2-7,16H,8-11H2,1H3. The lowest BCUT2D eigenvalue weighted by molar-refractivity contribution is -0.0238. The number of halogens is 1. The number of morpholine rings is 1. The first-order valence-electron chi connectivity index (χ1n) is 7.41. The Labute approximate surface area is 139 Å². The van der Waals surface area contributed by atoms with E-state index in [1.165, 1.54) is 0 Å². The summed E-state index contributed by atoms with van der Waals surface area (Å²) in [6, 6.07) is 10.9. The molecule has 3 rings (SSSR count). The van der Waals surface area contributed by atoms with Crippen LogP contribution in [-0.2, 0) is 16.1 Å². The van der Waals surface area contributed by atoms with E-state index in [1.54, 1.807) is 24.1 Å². The van der Waals surface area contributed by atoms with E-state index >= 15 is 0 Å². The van der Waals surface area contributed by atoms with Crippen LogP contribution in [0.5, 0.6) is 0 Å². The number of rotatable bonds is 4. The second kappa shape index (κ2) is 7.17. The summed E-state index contributed by atoms with van der Waals surface area (Å²) in [6.07, 6.45) is -0.154. The van der Waals surface area contributed by atoms with E-state index in [0.29, 0.717) is 42.8 Å². The van der Waals surface area contributed by atoms with E-state index in [2.05, 4.69) is 0 Å². The van der Waals surface area contributed by atoms with Crippen molar-refractivity contribution in [2.45, 2.75) is 12.7 Å². The van der Waals surface area contributed by atoms with Crippen molar-refractivity contribution in [3.05, 3.63) is 58.5 Å². The van der Waals surface area contributed by atoms with E-state index in [0.717, 1.165) is 5.56 Å². The summed E-state index contributed by atoms with van der Waals surface area (Å²) in [5.74, 6) is 0.835. The van der Waals surface area contributed by atoms with Crippen LogP contribution in [0.3, 0.4) is 0 Å². The van der Waals surface area contributed by atoms with Crippen LogP contribution in [0.1, 0.15) is 28.0 Å². The van der Waals surface area contributed by atoms with Crippen LogP contribution in [0.15, 0.2) is 40.8 Å². The number of hydrogen-bond donors (Lipinski definition) is 0. The monoisotopic (exact) mass is 335 g/mol. The third-order valence-electron chi connectivity index (χ3n) is 3.75. The summed E-state index contributed by atoms with van der Waals surface area (Å²) >= 11 is 5.91. The van der Waals surface area contributed by atoms with Crippen LogP contribution < -0.4 is 0 Å². The normalized spacial score (nSPS) is 18.2. The molecule has 1 amide bonds. The van der Waals surface area contributed by atoms with Gasteiger partial charge in [0.1, 0.15) is 18.5 Å². The number of ether oxygens (including phenoxy) is 2. The highest BCUT2D eigenvalue weighted by molar-refractivity contribution is 6.30. The molecule has 2 heterocycles. The Morgan fingerprint density at radius 2 is 2.09 bits per heavy atom. The van der Waals surface area contributed by atoms with Crippen LogP contribution in [-0.4, -0.2) is 37.6 Å². The number of carbonyl (C=O) groups is 1. The Morgan fingerprint density at radius 3 is 2.83 bits per heavy atom. The zero-order chi connectivity index (χ0) is 16.2. The number of benzene rings is 1. The first-order chi connectivity index (χ1) is 11.2. The molecule has 1 aromatic carbocycles. The molecule has 5 nitrogen and oxygen atoms in total. The minimum Gasteiger partial charge on any atom is -0.453 e. The molecular weight excluding hydrogens is 318 g/mol. The maximum Gasteiger partial charge on any atom is 0.289 e. The van der Waals surface area contributed by atoms with E-state index < -0.39 is 0 Å². The number of carbonyl (C=O) groups excluding carboxylic acids is 1. The fourth-order valence-electron chi connectivity index (χ4n) is 2.58. The van der Waals surface area contributed by atoms with Gasteiger partial charge in [0.2, 0.25) is 0 Å². The Hall–Kier alpha value is -1.82. The maximum atomic E-state index is 12.6. The summed E-state index contributed by atoms with van der Waals surface area (Å²) in [6.45, 7) is 1.87. The van der Waals surface area contributed by atoms with E-state index in [1.807, 2.05) is 24.3 Å². The molecule has 0 aliphatic carbocycles. The summed E-state index contributed by atoms with van der Waals surface area (Å²) < 4.78 is 16.3. The molecule has 2 aromatic rings. The third kappa shape index (κ3) is 3.75. The first-order valence-corrected chi connectivity index (χ1v) is 7.79. The lowest BCUT2D eigenvalue weighted by Gasteiger charge is -2.32. The molecule has 0 radical (unpaired) electrons. The molecular formula is C17H18ClNO4. The molecule has 0 N–H and O–H groups in total. The smallest absolute Gasteiger partial charge is 0.289 e. The van der Waals surface area contributed by atoms with Crippen molar-refractivity contribution in [2.75, 3.05) is 26.8 Å². The van der Waals surface area contributed by atoms with Gasteiger partial charge < -0.3 is 18.8 Å². The number of furan rings is 1. The molecule has 1 aromatic heterocycles. The van der Waals surface area contributed by atoms with Crippen LogP contribution in [0.4, 0.5) is 0 Å². The van der Waals surface area contributed by atoms with Gasteiger partial charge >= 0.3 is 0 Å². The second-order valence-electron chi connectivity index (χ2n) is 5.36. The maximum absolute atomic E-state index is 12.6. The molecule has 1 unspecified atom stereocenters. The predicted molar refractivity (Wildman–Crippen MR) is 85.5 cm³/mol. The quantitative estimate of drug-likeness (QED) is 0.860. The molecule has 1 atom stereocenters.